The van der Waals surface area contributed by atoms with Gasteiger partial charge in [-0.05, 0) is 24.6 Å². The molecule has 0 radical (unpaired) electrons. The topological polar surface area (TPSA) is 94.3 Å². The number of aryl methyl sites for hydroxylation is 2. The molecule has 0 saturated heterocycles. The van der Waals surface area contributed by atoms with Crippen molar-refractivity contribution in [2.24, 2.45) is 0 Å². The summed E-state index contributed by atoms with van der Waals surface area (Å²) in [7, 11) is 0. The van der Waals surface area contributed by atoms with Crippen molar-refractivity contribution in [2.45, 2.75) is 19.9 Å². The van der Waals surface area contributed by atoms with Gasteiger partial charge >= 0.3 is 11.8 Å². The van der Waals surface area contributed by atoms with E-state index < -0.39 is 5.91 Å². The molecule has 24 heavy (non-hydrogen) atoms. The molecular weight excluding hydrogens is 306 g/mol. The Labute approximate surface area is 138 Å². The molecule has 3 aromatic rings. The summed E-state index contributed by atoms with van der Waals surface area (Å²) in [5.74, 6) is -0.204. The van der Waals surface area contributed by atoms with Crippen LogP contribution in [0.25, 0.3) is 5.65 Å². The van der Waals surface area contributed by atoms with E-state index in [-0.39, 0.29) is 18.0 Å². The Hall–Kier alpha value is -3.40. The van der Waals surface area contributed by atoms with Crippen LogP contribution in [0.5, 0.6) is 5.88 Å². The monoisotopic (exact) mass is 322 g/mol. The van der Waals surface area contributed by atoms with Crippen molar-refractivity contribution in [2.75, 3.05) is 5.32 Å². The molecule has 2 N–H and O–H groups in total. The van der Waals surface area contributed by atoms with Crippen LogP contribution < -0.4 is 9.88 Å². The van der Waals surface area contributed by atoms with Crippen LogP contribution in [0.2, 0.25) is 0 Å². The van der Waals surface area contributed by atoms with Crippen LogP contribution in [0.3, 0.4) is 0 Å². The number of imidazole rings is 1. The summed E-state index contributed by atoms with van der Waals surface area (Å²) in [5, 5.41) is 22.0. The molecule has 3 heterocycles. The maximum atomic E-state index is 12.7. The summed E-state index contributed by atoms with van der Waals surface area (Å²) >= 11 is 0. The van der Waals surface area contributed by atoms with E-state index in [1.165, 1.54) is 0 Å². The van der Waals surface area contributed by atoms with Crippen molar-refractivity contribution < 1.29 is 14.5 Å². The molecule has 0 spiro atoms. The minimum Gasteiger partial charge on any atom is -0.475 e. The van der Waals surface area contributed by atoms with Gasteiger partial charge in [-0.3, -0.25) is 4.79 Å². The Bertz CT molecular complexity index is 955. The second kappa shape index (κ2) is 6.38. The van der Waals surface area contributed by atoms with Crippen LogP contribution in [0.4, 0.5) is 5.82 Å². The van der Waals surface area contributed by atoms with Crippen molar-refractivity contribution in [3.05, 3.63) is 54.0 Å². The van der Waals surface area contributed by atoms with E-state index >= 15 is 0 Å². The van der Waals surface area contributed by atoms with Crippen molar-refractivity contribution >= 4 is 17.4 Å². The number of nitriles is 1. The van der Waals surface area contributed by atoms with E-state index in [2.05, 4.69) is 10.3 Å². The van der Waals surface area contributed by atoms with Gasteiger partial charge in [0.15, 0.2) is 0 Å². The quantitative estimate of drug-likeness (QED) is 0.716. The number of carbonyl (C=O) groups is 1. The zero-order valence-corrected chi connectivity index (χ0v) is 13.1. The summed E-state index contributed by atoms with van der Waals surface area (Å²) in [4.78, 5) is 16.8. The van der Waals surface area contributed by atoms with Gasteiger partial charge in [-0.25, -0.2) is 4.98 Å². The molecule has 7 heteroatoms. The van der Waals surface area contributed by atoms with E-state index in [4.69, 9.17) is 5.26 Å². The summed E-state index contributed by atoms with van der Waals surface area (Å²) in [6.45, 7) is 2.14. The second-order valence-electron chi connectivity index (χ2n) is 5.28. The van der Waals surface area contributed by atoms with E-state index in [1.54, 1.807) is 39.6 Å². The summed E-state index contributed by atoms with van der Waals surface area (Å²) in [6.07, 6.45) is 3.51. The zero-order chi connectivity index (χ0) is 17.1. The maximum Gasteiger partial charge on any atom is 0.337 e. The number of hydrogen-bond acceptors (Lipinski definition) is 4. The molecule has 0 atom stereocenters. The Kier molecular flexibility index (Phi) is 4.12. The number of carbonyl (C=O) groups excluding carboxylic acids is 1. The summed E-state index contributed by atoms with van der Waals surface area (Å²) < 4.78 is 3.14. The molecule has 7 nitrogen and oxygen atoms in total. The number of fused-ring (bicyclic) bond motifs is 1. The Morgan fingerprint density at radius 3 is 3.00 bits per heavy atom. The minimum atomic E-state index is -0.466. The van der Waals surface area contributed by atoms with Gasteiger partial charge in [0, 0.05) is 12.3 Å². The predicted molar refractivity (Wildman–Crippen MR) is 86.4 cm³/mol. The number of pyridine rings is 2. The van der Waals surface area contributed by atoms with E-state index in [0.29, 0.717) is 18.0 Å². The van der Waals surface area contributed by atoms with Crippen molar-refractivity contribution in [3.63, 3.8) is 0 Å². The Morgan fingerprint density at radius 1 is 1.42 bits per heavy atom. The molecule has 3 rings (SSSR count). The van der Waals surface area contributed by atoms with E-state index in [0.717, 1.165) is 5.56 Å². The van der Waals surface area contributed by atoms with Crippen molar-refractivity contribution in [1.82, 2.24) is 9.38 Å². The van der Waals surface area contributed by atoms with Crippen molar-refractivity contribution in [3.8, 4) is 11.9 Å². The highest BCUT2D eigenvalue weighted by atomic mass is 16.3. The molecular formula is C17H16N5O2+. The SMILES string of the molecule is Cc1cccnc1NC(=O)c1c(O)[n+](CCC#N)c2ccccn12. The first-order valence-electron chi connectivity index (χ1n) is 7.45. The Morgan fingerprint density at radius 2 is 2.25 bits per heavy atom. The zero-order valence-electron chi connectivity index (χ0n) is 13.1. The summed E-state index contributed by atoms with van der Waals surface area (Å²) in [6, 6.07) is 11.0. The normalized spacial score (nSPS) is 10.5. The Balaban J connectivity index is 2.06. The van der Waals surface area contributed by atoms with Crippen LogP contribution in [0.15, 0.2) is 42.7 Å². The first-order valence-corrected chi connectivity index (χ1v) is 7.45. The largest absolute Gasteiger partial charge is 0.475 e. The van der Waals surface area contributed by atoms with Crippen LogP contribution in [0, 0.1) is 18.3 Å². The third-order valence-electron chi connectivity index (χ3n) is 3.73. The maximum absolute atomic E-state index is 12.7. The molecule has 1 amide bonds. The molecule has 0 aliphatic rings. The second-order valence-corrected chi connectivity index (χ2v) is 5.28. The van der Waals surface area contributed by atoms with Gasteiger partial charge in [0.1, 0.15) is 12.4 Å². The molecule has 3 aromatic heterocycles. The first kappa shape index (κ1) is 15.5. The highest BCUT2D eigenvalue weighted by Gasteiger charge is 2.30. The molecule has 0 aliphatic carbocycles. The number of nitrogens with one attached hydrogen (secondary N) is 1. The molecule has 0 unspecified atom stereocenters. The molecule has 0 saturated carbocycles. The smallest absolute Gasteiger partial charge is 0.337 e. The number of nitrogens with zero attached hydrogens (tertiary/aromatic N) is 4. The lowest BCUT2D eigenvalue weighted by atomic mass is 10.3. The van der Waals surface area contributed by atoms with Gasteiger partial charge in [0.25, 0.3) is 11.3 Å². The molecule has 0 aromatic carbocycles. The fourth-order valence-corrected chi connectivity index (χ4v) is 2.56. The lowest BCUT2D eigenvalue weighted by molar-refractivity contribution is -0.675. The number of amides is 1. The first-order chi connectivity index (χ1) is 11.6. The highest BCUT2D eigenvalue weighted by molar-refractivity contribution is 6.04. The number of aromatic nitrogens is 3. The standard InChI is InChI=1S/C17H15N5O2/c1-12-6-4-9-19-15(12)20-16(23)14-17(24)22(11-5-8-18)13-7-2-3-10-21(13)14/h2-4,6-7,9-10H,5,11H2,1H3,(H-,19,20,23,24)/p+1. The molecule has 120 valence electrons. The number of hydrogen-bond donors (Lipinski definition) is 2. The van der Waals surface area contributed by atoms with Crippen LogP contribution >= 0.6 is 0 Å². The summed E-state index contributed by atoms with van der Waals surface area (Å²) in [5.41, 5.74) is 1.56. The average Bonchev–Trinajstić information content (AvgIpc) is 2.86. The van der Waals surface area contributed by atoms with Gasteiger partial charge in [0.05, 0.1) is 18.7 Å². The third kappa shape index (κ3) is 2.65. The van der Waals surface area contributed by atoms with Gasteiger partial charge in [0.2, 0.25) is 0 Å². The fourth-order valence-electron chi connectivity index (χ4n) is 2.56. The lowest BCUT2D eigenvalue weighted by Crippen LogP contribution is -2.33. The van der Waals surface area contributed by atoms with Crippen LogP contribution in [-0.2, 0) is 6.54 Å². The molecule has 0 fully saturated rings. The third-order valence-corrected chi connectivity index (χ3v) is 3.73. The molecule has 0 aliphatic heterocycles. The van der Waals surface area contributed by atoms with Crippen LogP contribution in [-0.4, -0.2) is 20.4 Å². The van der Waals surface area contributed by atoms with Gasteiger partial charge < -0.3 is 10.4 Å². The van der Waals surface area contributed by atoms with Crippen LogP contribution in [0.1, 0.15) is 22.5 Å². The van der Waals surface area contributed by atoms with E-state index in [9.17, 15) is 9.90 Å². The number of anilines is 1. The highest BCUT2D eigenvalue weighted by Crippen LogP contribution is 2.19. The van der Waals surface area contributed by atoms with Gasteiger partial charge in [-0.1, -0.05) is 12.1 Å². The fraction of sp³-hybridized carbons (Fsp3) is 0.176. The molecule has 0 bridgehead atoms. The average molecular weight is 322 g/mol. The van der Waals surface area contributed by atoms with E-state index in [1.807, 2.05) is 25.1 Å². The number of rotatable bonds is 4. The lowest BCUT2D eigenvalue weighted by Gasteiger charge is -2.04. The minimum absolute atomic E-state index is 0.105. The van der Waals surface area contributed by atoms with Crippen molar-refractivity contribution in [1.29, 1.82) is 5.26 Å². The number of aromatic hydroxyl groups is 1. The predicted octanol–water partition coefficient (Wildman–Crippen LogP) is 1.80. The van der Waals surface area contributed by atoms with Gasteiger partial charge in [-0.2, -0.15) is 14.2 Å². The van der Waals surface area contributed by atoms with Gasteiger partial charge in [-0.15, -0.1) is 0 Å².